The van der Waals surface area contributed by atoms with E-state index in [4.69, 9.17) is 16.3 Å². The van der Waals surface area contributed by atoms with Gasteiger partial charge in [0.25, 0.3) is 0 Å². The van der Waals surface area contributed by atoms with E-state index in [1.165, 1.54) is 12.7 Å². The SMILES string of the molecule is CNCC1CCC(C(=O)N2CCCC(C(O)(CCCNC(=O)OC)c3cncc(Cl)c3-c3cccc(C(C)C)c3)C2)CC1. The summed E-state index contributed by atoms with van der Waals surface area (Å²) in [4.78, 5) is 31.9. The molecule has 2 heterocycles. The van der Waals surface area contributed by atoms with Gasteiger partial charge in [0.2, 0.25) is 5.91 Å². The number of aliphatic hydroxyl groups is 1. The van der Waals surface area contributed by atoms with E-state index in [-0.39, 0.29) is 17.7 Å². The highest BCUT2D eigenvalue weighted by atomic mass is 35.5. The number of nitrogens with zero attached hydrogens (tertiary/aromatic N) is 2. The third-order valence-corrected chi connectivity index (χ3v) is 9.78. The molecule has 2 unspecified atom stereocenters. The number of hydrogen-bond acceptors (Lipinski definition) is 6. The molecule has 1 aromatic carbocycles. The van der Waals surface area contributed by atoms with E-state index in [1.807, 2.05) is 24.1 Å². The maximum Gasteiger partial charge on any atom is 0.406 e. The Morgan fingerprint density at radius 3 is 2.65 bits per heavy atom. The summed E-state index contributed by atoms with van der Waals surface area (Å²) in [5.41, 5.74) is 2.24. The van der Waals surface area contributed by atoms with Crippen molar-refractivity contribution in [3.05, 3.63) is 52.8 Å². The molecule has 0 bridgehead atoms. The lowest BCUT2D eigenvalue weighted by molar-refractivity contribution is -0.142. The fourth-order valence-corrected chi connectivity index (χ4v) is 7.28. The second-order valence-electron chi connectivity index (χ2n) is 12.7. The number of benzene rings is 1. The van der Waals surface area contributed by atoms with Gasteiger partial charge in [-0.3, -0.25) is 9.78 Å². The molecular formula is C34H49ClN4O4. The third kappa shape index (κ3) is 8.08. The number of aromatic nitrogens is 1. The van der Waals surface area contributed by atoms with Crippen molar-refractivity contribution in [2.45, 2.75) is 76.7 Å². The Bertz CT molecular complexity index is 1230. The monoisotopic (exact) mass is 612 g/mol. The van der Waals surface area contributed by atoms with E-state index >= 15 is 0 Å². The molecule has 0 radical (unpaired) electrons. The number of alkyl carbamates (subject to hydrolysis) is 1. The zero-order valence-corrected chi connectivity index (χ0v) is 27.0. The molecule has 1 saturated heterocycles. The molecule has 9 heteroatoms. The van der Waals surface area contributed by atoms with Crippen LogP contribution in [0.2, 0.25) is 5.02 Å². The van der Waals surface area contributed by atoms with E-state index in [9.17, 15) is 14.7 Å². The van der Waals surface area contributed by atoms with Gasteiger partial charge in [0.05, 0.1) is 17.7 Å². The number of hydrogen-bond donors (Lipinski definition) is 3. The van der Waals surface area contributed by atoms with E-state index in [0.717, 1.165) is 56.2 Å². The van der Waals surface area contributed by atoms with Crippen molar-refractivity contribution in [2.75, 3.05) is 40.3 Å². The number of pyridine rings is 1. The van der Waals surface area contributed by atoms with Gasteiger partial charge < -0.3 is 25.4 Å². The predicted octanol–water partition coefficient (Wildman–Crippen LogP) is 6.11. The number of nitrogens with one attached hydrogen (secondary N) is 2. The van der Waals surface area contributed by atoms with E-state index in [2.05, 4.69) is 41.6 Å². The quantitative estimate of drug-likeness (QED) is 0.264. The maximum absolute atomic E-state index is 13.8. The number of halogens is 1. The summed E-state index contributed by atoms with van der Waals surface area (Å²) in [6.45, 7) is 6.85. The second kappa shape index (κ2) is 15.4. The van der Waals surface area contributed by atoms with Crippen LogP contribution in [0.5, 0.6) is 0 Å². The highest BCUT2D eigenvalue weighted by Crippen LogP contribution is 2.46. The van der Waals surface area contributed by atoms with Crippen molar-refractivity contribution in [2.24, 2.45) is 17.8 Å². The van der Waals surface area contributed by atoms with Gasteiger partial charge in [-0.1, -0.05) is 49.7 Å². The number of carbonyl (C=O) groups excluding carboxylic acids is 2. The Kier molecular flexibility index (Phi) is 11.9. The number of ether oxygens (including phenoxy) is 1. The largest absolute Gasteiger partial charge is 0.453 e. The van der Waals surface area contributed by atoms with E-state index in [1.54, 1.807) is 12.4 Å². The first-order chi connectivity index (χ1) is 20.7. The molecule has 2 atom stereocenters. The fraction of sp³-hybridized carbons (Fsp3) is 0.618. The number of methoxy groups -OCH3 is 1. The number of carbonyl (C=O) groups is 2. The van der Waals surface area contributed by atoms with E-state index < -0.39 is 11.7 Å². The van der Waals surface area contributed by atoms with Gasteiger partial charge in [0, 0.05) is 55.0 Å². The molecule has 4 rings (SSSR count). The number of piperidine rings is 1. The average molecular weight is 613 g/mol. The zero-order valence-electron chi connectivity index (χ0n) is 26.2. The molecule has 8 nitrogen and oxygen atoms in total. The van der Waals surface area contributed by atoms with Crippen LogP contribution in [0, 0.1) is 17.8 Å². The highest BCUT2D eigenvalue weighted by molar-refractivity contribution is 6.33. The lowest BCUT2D eigenvalue weighted by Gasteiger charge is -2.44. The minimum Gasteiger partial charge on any atom is -0.453 e. The summed E-state index contributed by atoms with van der Waals surface area (Å²) in [5, 5.41) is 19.3. The van der Waals surface area contributed by atoms with Crippen LogP contribution in [-0.2, 0) is 15.1 Å². The molecule has 1 aromatic heterocycles. The topological polar surface area (TPSA) is 104 Å². The Morgan fingerprint density at radius 1 is 1.19 bits per heavy atom. The van der Waals surface area contributed by atoms with Gasteiger partial charge in [0.1, 0.15) is 0 Å². The summed E-state index contributed by atoms with van der Waals surface area (Å²) < 4.78 is 4.74. The molecule has 2 aliphatic rings. The number of likely N-dealkylation sites (tertiary alicyclic amines) is 1. The van der Waals surface area contributed by atoms with Gasteiger partial charge in [-0.05, 0) is 87.9 Å². The van der Waals surface area contributed by atoms with Crippen molar-refractivity contribution >= 4 is 23.6 Å². The first-order valence-electron chi connectivity index (χ1n) is 15.9. The lowest BCUT2D eigenvalue weighted by Crippen LogP contribution is -2.50. The van der Waals surface area contributed by atoms with Gasteiger partial charge in [-0.2, -0.15) is 0 Å². The minimum absolute atomic E-state index is 0.0476. The van der Waals surface area contributed by atoms with E-state index in [0.29, 0.717) is 54.9 Å². The Hall–Kier alpha value is -2.68. The van der Waals surface area contributed by atoms with Crippen LogP contribution in [0.25, 0.3) is 11.1 Å². The second-order valence-corrected chi connectivity index (χ2v) is 13.1. The molecule has 2 amide bonds. The molecule has 1 saturated carbocycles. The molecule has 43 heavy (non-hydrogen) atoms. The smallest absolute Gasteiger partial charge is 0.406 e. The summed E-state index contributed by atoms with van der Waals surface area (Å²) in [7, 11) is 3.32. The molecule has 1 aliphatic carbocycles. The van der Waals surface area contributed by atoms with Gasteiger partial charge in [0.15, 0.2) is 0 Å². The molecule has 0 spiro atoms. The normalized spacial score (nSPS) is 22.2. The van der Waals surface area contributed by atoms with Gasteiger partial charge in [-0.25, -0.2) is 4.79 Å². The fourth-order valence-electron chi connectivity index (χ4n) is 7.02. The molecule has 236 valence electrons. The Morgan fingerprint density at radius 2 is 1.95 bits per heavy atom. The molecular weight excluding hydrogens is 564 g/mol. The van der Waals surface area contributed by atoms with Crippen LogP contribution in [0.4, 0.5) is 4.79 Å². The summed E-state index contributed by atoms with van der Waals surface area (Å²) in [6, 6.07) is 8.29. The average Bonchev–Trinajstić information content (AvgIpc) is 3.03. The van der Waals surface area contributed by atoms with Crippen molar-refractivity contribution < 1.29 is 19.4 Å². The maximum atomic E-state index is 13.8. The van der Waals surface area contributed by atoms with Crippen LogP contribution in [0.15, 0.2) is 36.7 Å². The standard InChI is InChI=1S/C34H49ClN4O4/c1-23(2)26-8-5-9-27(18-26)31-29(20-37-21-30(31)35)34(42,15-7-16-38-33(41)43-4)28-10-6-17-39(22-28)32(40)25-13-11-24(12-14-25)19-36-3/h5,8-9,18,20-21,23-25,28,36,42H,6-7,10-17,19,22H2,1-4H3,(H,38,41). The highest BCUT2D eigenvalue weighted by Gasteiger charge is 2.44. The predicted molar refractivity (Wildman–Crippen MR) is 171 cm³/mol. The van der Waals surface area contributed by atoms with Crippen LogP contribution >= 0.6 is 11.6 Å². The number of amides is 2. The Labute approximate surface area is 261 Å². The minimum atomic E-state index is -1.32. The first-order valence-corrected chi connectivity index (χ1v) is 16.3. The molecule has 1 aliphatic heterocycles. The third-order valence-electron chi connectivity index (χ3n) is 9.49. The zero-order chi connectivity index (χ0) is 31.0. The number of rotatable bonds is 11. The molecule has 3 N–H and O–H groups in total. The Balaban J connectivity index is 1.64. The van der Waals surface area contributed by atoms with Crippen molar-refractivity contribution in [1.29, 1.82) is 0 Å². The van der Waals surface area contributed by atoms with Gasteiger partial charge in [-0.15, -0.1) is 0 Å². The van der Waals surface area contributed by atoms with Crippen molar-refractivity contribution in [3.8, 4) is 11.1 Å². The van der Waals surface area contributed by atoms with Crippen molar-refractivity contribution in [3.63, 3.8) is 0 Å². The van der Waals surface area contributed by atoms with Crippen LogP contribution < -0.4 is 10.6 Å². The van der Waals surface area contributed by atoms with Crippen molar-refractivity contribution in [1.82, 2.24) is 20.5 Å². The lowest BCUT2D eigenvalue weighted by atomic mass is 9.72. The first kappa shape index (κ1) is 33.2. The summed E-state index contributed by atoms with van der Waals surface area (Å²) in [6.07, 6.45) is 9.33. The van der Waals surface area contributed by atoms with Crippen LogP contribution in [-0.4, -0.2) is 67.3 Å². The molecule has 2 fully saturated rings. The van der Waals surface area contributed by atoms with Crippen LogP contribution in [0.1, 0.15) is 82.3 Å². The summed E-state index contributed by atoms with van der Waals surface area (Å²) in [5.74, 6) is 1.02. The molecule has 2 aromatic rings. The van der Waals surface area contributed by atoms with Gasteiger partial charge >= 0.3 is 6.09 Å². The van der Waals surface area contributed by atoms with Crippen LogP contribution in [0.3, 0.4) is 0 Å². The summed E-state index contributed by atoms with van der Waals surface area (Å²) >= 11 is 6.86.